The van der Waals surface area contributed by atoms with E-state index >= 15 is 0 Å². The van der Waals surface area contributed by atoms with Crippen molar-refractivity contribution >= 4 is 35.0 Å². The molecular weight excluding hydrogens is 447 g/mol. The van der Waals surface area contributed by atoms with Crippen molar-refractivity contribution < 1.29 is 14.0 Å². The van der Waals surface area contributed by atoms with Gasteiger partial charge in [0.25, 0.3) is 5.91 Å². The van der Waals surface area contributed by atoms with Crippen molar-refractivity contribution in [1.82, 2.24) is 0 Å². The zero-order valence-electron chi connectivity index (χ0n) is 18.5. The normalized spacial score (nSPS) is 11.5. The number of amides is 2. The number of para-hydroxylation sites is 1. The minimum atomic E-state index is -0.622. The van der Waals surface area contributed by atoms with Gasteiger partial charge in [-0.25, -0.2) is 4.39 Å². The van der Waals surface area contributed by atoms with Gasteiger partial charge >= 0.3 is 0 Å². The van der Waals surface area contributed by atoms with E-state index in [1.54, 1.807) is 24.3 Å². The van der Waals surface area contributed by atoms with Crippen LogP contribution in [0.5, 0.6) is 0 Å². The molecule has 34 heavy (non-hydrogen) atoms. The van der Waals surface area contributed by atoms with Gasteiger partial charge in [-0.1, -0.05) is 66.7 Å². The van der Waals surface area contributed by atoms with Crippen molar-refractivity contribution in [1.29, 1.82) is 0 Å². The molecule has 2 amide bonds. The maximum Gasteiger partial charge on any atom is 0.255 e. The van der Waals surface area contributed by atoms with Crippen LogP contribution in [-0.4, -0.2) is 11.8 Å². The quantitative estimate of drug-likeness (QED) is 0.290. The summed E-state index contributed by atoms with van der Waals surface area (Å²) in [6.07, 6.45) is 0. The summed E-state index contributed by atoms with van der Waals surface area (Å²) >= 11 is 1.33. The highest BCUT2D eigenvalue weighted by Gasteiger charge is 2.23. The summed E-state index contributed by atoms with van der Waals surface area (Å²) in [4.78, 5) is 26.7. The summed E-state index contributed by atoms with van der Waals surface area (Å²) in [6, 6.07) is 30.1. The monoisotopic (exact) mass is 470 g/mol. The first-order valence-corrected chi connectivity index (χ1v) is 11.6. The number of anilines is 2. The lowest BCUT2D eigenvalue weighted by atomic mass is 10.1. The third-order valence-corrected chi connectivity index (χ3v) is 6.46. The van der Waals surface area contributed by atoms with Crippen LogP contribution in [0.1, 0.15) is 26.7 Å². The van der Waals surface area contributed by atoms with Crippen LogP contribution in [0.2, 0.25) is 0 Å². The predicted molar refractivity (Wildman–Crippen MR) is 136 cm³/mol. The number of nitrogens with one attached hydrogen (secondary N) is 2. The van der Waals surface area contributed by atoms with Crippen LogP contribution in [0.15, 0.2) is 108 Å². The Morgan fingerprint density at radius 3 is 2.26 bits per heavy atom. The second kappa shape index (κ2) is 10.8. The Bertz CT molecular complexity index is 1310. The van der Waals surface area contributed by atoms with Gasteiger partial charge in [0.05, 0.1) is 5.69 Å². The van der Waals surface area contributed by atoms with E-state index in [0.717, 1.165) is 16.0 Å². The standard InChI is InChI=1S/C28H23FN2O2S/c1-19-10-5-6-15-23(19)27(32)30-21-13-9-14-22(18-21)34-26(20-11-3-2-4-12-20)28(33)31-25-17-8-7-16-24(25)29/h2-18,26H,1H3,(H,30,32)(H,31,33). The molecule has 0 aliphatic heterocycles. The lowest BCUT2D eigenvalue weighted by Gasteiger charge is -2.18. The first kappa shape index (κ1) is 23.3. The highest BCUT2D eigenvalue weighted by Crippen LogP contribution is 2.37. The van der Waals surface area contributed by atoms with Crippen molar-refractivity contribution in [3.8, 4) is 0 Å². The van der Waals surface area contributed by atoms with Crippen molar-refractivity contribution in [2.45, 2.75) is 17.1 Å². The number of hydrogen-bond acceptors (Lipinski definition) is 3. The van der Waals surface area contributed by atoms with Gasteiger partial charge in [-0.05, 0) is 54.4 Å². The second-order valence-electron chi connectivity index (χ2n) is 7.67. The minimum absolute atomic E-state index is 0.133. The zero-order valence-corrected chi connectivity index (χ0v) is 19.3. The lowest BCUT2D eigenvalue weighted by molar-refractivity contribution is -0.115. The summed E-state index contributed by atoms with van der Waals surface area (Å²) in [5.74, 6) is -1.03. The van der Waals surface area contributed by atoms with E-state index in [9.17, 15) is 14.0 Å². The van der Waals surface area contributed by atoms with Gasteiger partial charge in [0.2, 0.25) is 5.91 Å². The molecule has 0 heterocycles. The largest absolute Gasteiger partial charge is 0.322 e. The summed E-state index contributed by atoms with van der Waals surface area (Å²) in [5, 5.41) is 5.00. The van der Waals surface area contributed by atoms with Crippen LogP contribution in [0.4, 0.5) is 15.8 Å². The maximum atomic E-state index is 14.1. The molecule has 1 atom stereocenters. The Balaban J connectivity index is 1.56. The fourth-order valence-electron chi connectivity index (χ4n) is 3.47. The minimum Gasteiger partial charge on any atom is -0.322 e. The molecule has 0 spiro atoms. The smallest absolute Gasteiger partial charge is 0.255 e. The Hall–Kier alpha value is -3.90. The van der Waals surface area contributed by atoms with E-state index in [2.05, 4.69) is 10.6 Å². The Morgan fingerprint density at radius 2 is 1.50 bits per heavy atom. The molecule has 0 fully saturated rings. The van der Waals surface area contributed by atoms with E-state index in [1.807, 2.05) is 73.7 Å². The molecule has 6 heteroatoms. The number of carbonyl (C=O) groups is 2. The van der Waals surface area contributed by atoms with Crippen LogP contribution in [0.3, 0.4) is 0 Å². The molecule has 4 aromatic carbocycles. The second-order valence-corrected chi connectivity index (χ2v) is 8.85. The molecule has 1 unspecified atom stereocenters. The molecule has 4 aromatic rings. The molecular formula is C28H23FN2O2S. The van der Waals surface area contributed by atoms with Gasteiger partial charge in [-0.2, -0.15) is 0 Å². The molecule has 0 saturated heterocycles. The lowest BCUT2D eigenvalue weighted by Crippen LogP contribution is -2.19. The first-order chi connectivity index (χ1) is 16.5. The predicted octanol–water partition coefficient (Wildman–Crippen LogP) is 6.86. The van der Waals surface area contributed by atoms with E-state index < -0.39 is 11.1 Å². The summed E-state index contributed by atoms with van der Waals surface area (Å²) in [6.45, 7) is 1.89. The molecule has 2 N–H and O–H groups in total. The highest BCUT2D eigenvalue weighted by atomic mass is 32.2. The van der Waals surface area contributed by atoms with Crippen LogP contribution in [-0.2, 0) is 4.79 Å². The van der Waals surface area contributed by atoms with Crippen molar-refractivity contribution in [3.05, 3.63) is 126 Å². The van der Waals surface area contributed by atoms with Crippen LogP contribution in [0.25, 0.3) is 0 Å². The number of benzene rings is 4. The SMILES string of the molecule is Cc1ccccc1C(=O)Nc1cccc(SC(C(=O)Nc2ccccc2F)c2ccccc2)c1. The highest BCUT2D eigenvalue weighted by molar-refractivity contribution is 8.00. The molecule has 0 saturated carbocycles. The summed E-state index contributed by atoms with van der Waals surface area (Å²) in [7, 11) is 0. The Morgan fingerprint density at radius 1 is 0.794 bits per heavy atom. The average Bonchev–Trinajstić information content (AvgIpc) is 2.85. The summed E-state index contributed by atoms with van der Waals surface area (Å²) < 4.78 is 14.1. The van der Waals surface area contributed by atoms with Gasteiger partial charge in [-0.3, -0.25) is 9.59 Å². The van der Waals surface area contributed by atoms with Gasteiger partial charge in [0.1, 0.15) is 11.1 Å². The van der Waals surface area contributed by atoms with E-state index in [-0.39, 0.29) is 17.5 Å². The maximum absolute atomic E-state index is 14.1. The Kier molecular flexibility index (Phi) is 7.40. The average molecular weight is 471 g/mol. The van der Waals surface area contributed by atoms with Crippen LogP contribution >= 0.6 is 11.8 Å². The van der Waals surface area contributed by atoms with Gasteiger partial charge in [0, 0.05) is 16.1 Å². The summed E-state index contributed by atoms with van der Waals surface area (Å²) in [5.41, 5.74) is 3.04. The van der Waals surface area contributed by atoms with Crippen molar-refractivity contribution in [2.75, 3.05) is 10.6 Å². The molecule has 0 aromatic heterocycles. The van der Waals surface area contributed by atoms with Gasteiger partial charge in [-0.15, -0.1) is 11.8 Å². The number of carbonyl (C=O) groups excluding carboxylic acids is 2. The van der Waals surface area contributed by atoms with Crippen LogP contribution in [0, 0.1) is 12.7 Å². The fourth-order valence-corrected chi connectivity index (χ4v) is 4.55. The zero-order chi connectivity index (χ0) is 23.9. The van der Waals surface area contributed by atoms with Crippen molar-refractivity contribution in [2.24, 2.45) is 0 Å². The number of rotatable bonds is 7. The molecule has 0 radical (unpaired) electrons. The molecule has 4 nitrogen and oxygen atoms in total. The van der Waals surface area contributed by atoms with Crippen LogP contribution < -0.4 is 10.6 Å². The topological polar surface area (TPSA) is 58.2 Å². The number of aryl methyl sites for hydroxylation is 1. The molecule has 0 aliphatic rings. The van der Waals surface area contributed by atoms with Gasteiger partial charge < -0.3 is 10.6 Å². The third kappa shape index (κ3) is 5.71. The Labute approximate surface area is 202 Å². The number of thioether (sulfide) groups is 1. The molecule has 170 valence electrons. The van der Waals surface area contributed by atoms with Crippen molar-refractivity contribution in [3.63, 3.8) is 0 Å². The molecule has 4 rings (SSSR count). The third-order valence-electron chi connectivity index (χ3n) is 5.21. The van der Waals surface area contributed by atoms with Gasteiger partial charge in [0.15, 0.2) is 0 Å². The number of hydrogen-bond donors (Lipinski definition) is 2. The van der Waals surface area contributed by atoms with E-state index in [1.165, 1.54) is 23.9 Å². The fraction of sp³-hybridized carbons (Fsp3) is 0.0714. The number of halogens is 1. The molecule has 0 bridgehead atoms. The first-order valence-electron chi connectivity index (χ1n) is 10.8. The van der Waals surface area contributed by atoms with E-state index in [0.29, 0.717) is 11.3 Å². The van der Waals surface area contributed by atoms with E-state index in [4.69, 9.17) is 0 Å². The molecule has 0 aliphatic carbocycles.